The number of fused-ring (bicyclic) bond motifs is 5. The van der Waals surface area contributed by atoms with Gasteiger partial charge in [-0.2, -0.15) is 13.2 Å². The smallest absolute Gasteiger partial charge is 0.368 e. The van der Waals surface area contributed by atoms with Gasteiger partial charge in [0.15, 0.2) is 0 Å². The number of nitrogens with zero attached hydrogens (tertiary/aromatic N) is 1. The first-order chi connectivity index (χ1) is 18.0. The Morgan fingerprint density at radius 2 is 1.85 bits per heavy atom. The molecule has 2 aliphatic carbocycles. The Labute approximate surface area is 224 Å². The topological polar surface area (TPSA) is 151 Å². The Morgan fingerprint density at radius 1 is 1.18 bits per heavy atom. The van der Waals surface area contributed by atoms with Gasteiger partial charge >= 0.3 is 12.1 Å². The molecule has 13 heteroatoms. The number of carbonyl (C=O) groups is 5. The molecular weight excluding hydrogens is 519 g/mol. The molecule has 0 aromatic carbocycles. The third kappa shape index (κ3) is 5.49. The number of primary amides is 1. The highest BCUT2D eigenvalue weighted by Gasteiger charge is 2.61. The minimum atomic E-state index is -5.19. The summed E-state index contributed by atoms with van der Waals surface area (Å²) in [6.07, 6.45) is -3.18. The van der Waals surface area contributed by atoms with Crippen molar-refractivity contribution in [2.24, 2.45) is 40.7 Å². The van der Waals surface area contributed by atoms with Crippen LogP contribution >= 0.6 is 0 Å². The molecule has 0 aromatic heterocycles. The van der Waals surface area contributed by atoms with Gasteiger partial charge in [-0.25, -0.2) is 0 Å². The van der Waals surface area contributed by atoms with E-state index in [1.165, 1.54) is 25.7 Å². The van der Waals surface area contributed by atoms with Crippen LogP contribution in [0.1, 0.15) is 46.5 Å². The van der Waals surface area contributed by atoms with E-state index in [0.717, 1.165) is 18.4 Å². The fourth-order valence-corrected chi connectivity index (χ4v) is 6.93. The van der Waals surface area contributed by atoms with E-state index in [2.05, 4.69) is 17.2 Å². The van der Waals surface area contributed by atoms with Gasteiger partial charge in [0, 0.05) is 19.0 Å². The van der Waals surface area contributed by atoms with E-state index in [0.29, 0.717) is 13.0 Å². The molecule has 5 amide bonds. The molecule has 216 valence electrons. The first-order valence-electron chi connectivity index (χ1n) is 13.2. The van der Waals surface area contributed by atoms with Crippen LogP contribution in [0.25, 0.3) is 0 Å². The molecule has 8 atom stereocenters. The van der Waals surface area contributed by atoms with Gasteiger partial charge in [0.1, 0.15) is 18.1 Å². The van der Waals surface area contributed by atoms with Crippen molar-refractivity contribution >= 4 is 29.5 Å². The maximum Gasteiger partial charge on any atom is 0.471 e. The van der Waals surface area contributed by atoms with Crippen molar-refractivity contribution in [3.8, 4) is 0 Å². The van der Waals surface area contributed by atoms with Gasteiger partial charge in [0.2, 0.25) is 23.6 Å². The second kappa shape index (κ2) is 10.1. The van der Waals surface area contributed by atoms with Crippen LogP contribution < -0.4 is 21.7 Å². The monoisotopic (exact) mass is 555 g/mol. The maximum absolute atomic E-state index is 13.9. The largest absolute Gasteiger partial charge is 0.471 e. The van der Waals surface area contributed by atoms with Crippen LogP contribution in [-0.2, 0) is 24.0 Å². The molecule has 0 radical (unpaired) electrons. The van der Waals surface area contributed by atoms with E-state index >= 15 is 0 Å². The molecule has 2 heterocycles. The lowest BCUT2D eigenvalue weighted by molar-refractivity contribution is -0.176. The lowest BCUT2D eigenvalue weighted by Crippen LogP contribution is -2.61. The number of nitrogens with one attached hydrogen (secondary N) is 3. The number of amides is 5. The van der Waals surface area contributed by atoms with Gasteiger partial charge in [-0.05, 0) is 54.8 Å². The number of allylic oxidation sites excluding steroid dienone is 1. The molecule has 2 aliphatic heterocycles. The Kier molecular flexibility index (Phi) is 7.50. The lowest BCUT2D eigenvalue weighted by atomic mass is 9.76. The van der Waals surface area contributed by atoms with E-state index < -0.39 is 59.3 Å². The van der Waals surface area contributed by atoms with Gasteiger partial charge < -0.3 is 26.6 Å². The third-order valence-corrected chi connectivity index (χ3v) is 8.82. The Hall–Kier alpha value is -3.12. The van der Waals surface area contributed by atoms with Crippen molar-refractivity contribution < 1.29 is 37.1 Å². The Morgan fingerprint density at radius 3 is 2.38 bits per heavy atom. The molecule has 2 saturated carbocycles. The zero-order valence-corrected chi connectivity index (χ0v) is 22.3. The number of hydrogen-bond acceptors (Lipinski definition) is 5. The van der Waals surface area contributed by atoms with Gasteiger partial charge in [0.25, 0.3) is 0 Å². The summed E-state index contributed by atoms with van der Waals surface area (Å²) in [6.45, 7) is 9.29. The van der Waals surface area contributed by atoms with Crippen molar-refractivity contribution in [1.82, 2.24) is 20.9 Å². The van der Waals surface area contributed by atoms with Crippen LogP contribution in [0.15, 0.2) is 12.2 Å². The van der Waals surface area contributed by atoms with Crippen molar-refractivity contribution in [1.29, 1.82) is 0 Å². The van der Waals surface area contributed by atoms with Crippen molar-refractivity contribution in [3.05, 3.63) is 12.2 Å². The fraction of sp³-hybridized carbons (Fsp3) is 0.731. The highest BCUT2D eigenvalue weighted by molar-refractivity contribution is 5.96. The first-order valence-corrected chi connectivity index (χ1v) is 13.2. The van der Waals surface area contributed by atoms with E-state index in [-0.39, 0.29) is 42.5 Å². The zero-order valence-electron chi connectivity index (χ0n) is 22.3. The minimum Gasteiger partial charge on any atom is -0.368 e. The summed E-state index contributed by atoms with van der Waals surface area (Å²) in [4.78, 5) is 65.1. The summed E-state index contributed by atoms with van der Waals surface area (Å²) in [6, 6.07) is -3.83. The van der Waals surface area contributed by atoms with E-state index in [4.69, 9.17) is 5.73 Å². The van der Waals surface area contributed by atoms with Crippen LogP contribution in [0.3, 0.4) is 0 Å². The van der Waals surface area contributed by atoms with Crippen LogP contribution in [0.4, 0.5) is 13.2 Å². The molecule has 0 unspecified atom stereocenters. The lowest BCUT2D eigenvalue weighted by Gasteiger charge is -2.37. The Balaban J connectivity index is 1.63. The predicted octanol–water partition coefficient (Wildman–Crippen LogP) is 0.615. The average Bonchev–Trinajstić information content (AvgIpc) is 3.56. The molecule has 4 aliphatic rings. The molecule has 0 aromatic rings. The van der Waals surface area contributed by atoms with Crippen molar-refractivity contribution in [3.63, 3.8) is 0 Å². The van der Waals surface area contributed by atoms with E-state index in [1.807, 2.05) is 5.32 Å². The van der Waals surface area contributed by atoms with Crippen LogP contribution in [0.2, 0.25) is 0 Å². The van der Waals surface area contributed by atoms with Crippen LogP contribution in [-0.4, -0.2) is 71.8 Å². The average molecular weight is 556 g/mol. The maximum atomic E-state index is 13.9. The summed E-state index contributed by atoms with van der Waals surface area (Å²) in [5, 5.41) is 7.14. The van der Waals surface area contributed by atoms with Crippen LogP contribution in [0, 0.1) is 35.0 Å². The van der Waals surface area contributed by atoms with Crippen molar-refractivity contribution in [2.45, 2.75) is 70.8 Å². The number of rotatable bonds is 7. The zero-order chi connectivity index (χ0) is 29.0. The molecule has 4 rings (SSSR count). The number of halogens is 3. The van der Waals surface area contributed by atoms with Crippen LogP contribution in [0.5, 0.6) is 0 Å². The van der Waals surface area contributed by atoms with Crippen molar-refractivity contribution in [2.75, 3.05) is 13.1 Å². The van der Waals surface area contributed by atoms with Gasteiger partial charge in [0.05, 0.1) is 0 Å². The summed E-state index contributed by atoms with van der Waals surface area (Å²) < 4.78 is 39.3. The Bertz CT molecular complexity index is 1090. The second-order valence-corrected chi connectivity index (χ2v) is 12.4. The molecule has 2 bridgehead atoms. The molecule has 0 spiro atoms. The number of likely N-dealkylation sites (tertiary alicyclic amines) is 1. The van der Waals surface area contributed by atoms with E-state index in [1.54, 1.807) is 0 Å². The quantitative estimate of drug-likeness (QED) is 0.340. The highest BCUT2D eigenvalue weighted by Crippen LogP contribution is 2.59. The minimum absolute atomic E-state index is 0.00726. The normalized spacial score (nSPS) is 31.5. The summed E-state index contributed by atoms with van der Waals surface area (Å²) in [5.74, 6) is -5.58. The number of carbonyl (C=O) groups excluding carboxylic acids is 5. The molecule has 4 fully saturated rings. The standard InChI is InChI=1S/C26H36F3N5O5/c1-11-7-13-8-14(11)17-15(13)10-34(23(38)19(25(2,3)4)33-24(39)26(27,28)29)18(17)22(37)32-16(20(30)35)9-12-5-6-31-21(12)36/h12-19H,1,5-10H2,2-4H3,(H2,30,35)(H,31,36)(H,32,37)(H,33,39)/t12-,13+,14+,15+,16-,17-,18-,19+/m0/s1. The predicted molar refractivity (Wildman–Crippen MR) is 132 cm³/mol. The highest BCUT2D eigenvalue weighted by atomic mass is 19.4. The molecule has 10 nitrogen and oxygen atoms in total. The number of nitrogens with two attached hydrogens (primary N) is 1. The summed E-state index contributed by atoms with van der Waals surface area (Å²) in [7, 11) is 0. The summed E-state index contributed by atoms with van der Waals surface area (Å²) >= 11 is 0. The second-order valence-electron chi connectivity index (χ2n) is 12.4. The number of alkyl halides is 3. The molecule has 39 heavy (non-hydrogen) atoms. The first kappa shape index (κ1) is 28.9. The van der Waals surface area contributed by atoms with E-state index in [9.17, 15) is 37.1 Å². The summed E-state index contributed by atoms with van der Waals surface area (Å²) in [5.41, 5.74) is 5.41. The van der Waals surface area contributed by atoms with Gasteiger partial charge in [-0.15, -0.1) is 0 Å². The van der Waals surface area contributed by atoms with Gasteiger partial charge in [-0.1, -0.05) is 32.9 Å². The fourth-order valence-electron chi connectivity index (χ4n) is 6.93. The molecule has 2 saturated heterocycles. The SMILES string of the molecule is C=C1C[C@@H]2C[C@H]1[C@H]1[C@@H]2CN(C(=O)[C@@H](NC(=O)C(F)(F)F)C(C)(C)C)[C@@H]1C(=O)N[C@@H](C[C@@H]1CCNC1=O)C(N)=O. The van der Waals surface area contributed by atoms with Gasteiger partial charge in [-0.3, -0.25) is 24.0 Å². The third-order valence-electron chi connectivity index (χ3n) is 8.82. The number of hydrogen-bond donors (Lipinski definition) is 4. The molecule has 5 N–H and O–H groups in total. The molecular formula is C26H36F3N5O5.